The number of methoxy groups -OCH3 is 2. The van der Waals surface area contributed by atoms with Crippen LogP contribution in [0.25, 0.3) is 0 Å². The lowest BCUT2D eigenvalue weighted by atomic mass is 9.96. The predicted molar refractivity (Wildman–Crippen MR) is 74.9 cm³/mol. The van der Waals surface area contributed by atoms with Crippen molar-refractivity contribution in [2.24, 2.45) is 11.7 Å². The molecular weight excluding hydrogens is 258 g/mol. The highest BCUT2D eigenvalue weighted by Gasteiger charge is 2.50. The van der Waals surface area contributed by atoms with Crippen LogP contribution in [0.2, 0.25) is 0 Å². The van der Waals surface area contributed by atoms with E-state index in [9.17, 15) is 4.79 Å². The summed E-state index contributed by atoms with van der Waals surface area (Å²) in [6.07, 6.45) is 1.86. The molecule has 5 heteroatoms. The number of hydrogen-bond donors (Lipinski definition) is 1. The Morgan fingerprint density at radius 1 is 1.35 bits per heavy atom. The highest BCUT2D eigenvalue weighted by molar-refractivity contribution is 5.81. The van der Waals surface area contributed by atoms with Gasteiger partial charge in [-0.05, 0) is 43.4 Å². The van der Waals surface area contributed by atoms with E-state index in [4.69, 9.17) is 19.9 Å². The molecule has 0 amide bonds. The molecule has 5 nitrogen and oxygen atoms in total. The second-order valence-electron chi connectivity index (χ2n) is 5.25. The second-order valence-corrected chi connectivity index (χ2v) is 5.25. The molecule has 1 aliphatic rings. The Hall–Kier alpha value is -1.75. The van der Waals surface area contributed by atoms with Gasteiger partial charge in [0.25, 0.3) is 0 Å². The van der Waals surface area contributed by atoms with Gasteiger partial charge in [-0.2, -0.15) is 0 Å². The van der Waals surface area contributed by atoms with Gasteiger partial charge in [0.2, 0.25) is 0 Å². The van der Waals surface area contributed by atoms with Crippen molar-refractivity contribution in [3.05, 3.63) is 23.8 Å². The molecule has 1 aromatic rings. The Bertz CT molecular complexity index is 499. The SMILES string of the molecule is COC(=O)C(N)(COc1ccc(C)cc1OC)C1CC1. The maximum atomic E-state index is 11.9. The van der Waals surface area contributed by atoms with Gasteiger partial charge < -0.3 is 19.9 Å². The fraction of sp³-hybridized carbons (Fsp3) is 0.533. The number of nitrogens with two attached hydrogens (primary N) is 1. The van der Waals surface area contributed by atoms with Crippen molar-refractivity contribution in [2.45, 2.75) is 25.3 Å². The van der Waals surface area contributed by atoms with E-state index in [0.29, 0.717) is 11.5 Å². The molecule has 1 atom stereocenters. The number of carbonyl (C=O) groups is 1. The number of rotatable bonds is 6. The van der Waals surface area contributed by atoms with Gasteiger partial charge in [0.05, 0.1) is 14.2 Å². The molecule has 1 aliphatic carbocycles. The zero-order chi connectivity index (χ0) is 14.8. The summed E-state index contributed by atoms with van der Waals surface area (Å²) in [5, 5.41) is 0. The number of carbonyl (C=O) groups excluding carboxylic acids is 1. The first-order valence-electron chi connectivity index (χ1n) is 6.66. The van der Waals surface area contributed by atoms with Crippen LogP contribution in [0.5, 0.6) is 11.5 Å². The van der Waals surface area contributed by atoms with Gasteiger partial charge in [-0.1, -0.05) is 6.07 Å². The summed E-state index contributed by atoms with van der Waals surface area (Å²) in [6.45, 7) is 2.06. The van der Waals surface area contributed by atoms with Crippen molar-refractivity contribution < 1.29 is 19.0 Å². The van der Waals surface area contributed by atoms with E-state index in [2.05, 4.69) is 0 Å². The number of aryl methyl sites for hydroxylation is 1. The molecule has 2 N–H and O–H groups in total. The minimum Gasteiger partial charge on any atom is -0.493 e. The Balaban J connectivity index is 2.12. The van der Waals surface area contributed by atoms with E-state index >= 15 is 0 Å². The molecule has 0 aliphatic heterocycles. The lowest BCUT2D eigenvalue weighted by Gasteiger charge is -2.26. The van der Waals surface area contributed by atoms with Crippen LogP contribution in [0.15, 0.2) is 18.2 Å². The van der Waals surface area contributed by atoms with Gasteiger partial charge in [0, 0.05) is 0 Å². The number of benzene rings is 1. The summed E-state index contributed by atoms with van der Waals surface area (Å²) in [7, 11) is 2.93. The predicted octanol–water partition coefficient (Wildman–Crippen LogP) is 1.66. The first-order chi connectivity index (χ1) is 9.51. The minimum atomic E-state index is -1.08. The summed E-state index contributed by atoms with van der Waals surface area (Å²) in [4.78, 5) is 11.9. The minimum absolute atomic E-state index is 0.0871. The first-order valence-corrected chi connectivity index (χ1v) is 6.66. The van der Waals surface area contributed by atoms with Crippen LogP contribution >= 0.6 is 0 Å². The van der Waals surface area contributed by atoms with Gasteiger partial charge in [-0.3, -0.25) is 0 Å². The van der Waals surface area contributed by atoms with E-state index in [-0.39, 0.29) is 12.5 Å². The molecule has 1 saturated carbocycles. The van der Waals surface area contributed by atoms with Crippen LogP contribution in [0.1, 0.15) is 18.4 Å². The van der Waals surface area contributed by atoms with Crippen LogP contribution in [0.4, 0.5) is 0 Å². The highest BCUT2D eigenvalue weighted by Crippen LogP contribution is 2.40. The largest absolute Gasteiger partial charge is 0.493 e. The molecule has 110 valence electrons. The van der Waals surface area contributed by atoms with Gasteiger partial charge in [0.1, 0.15) is 6.61 Å². The third kappa shape index (κ3) is 2.88. The van der Waals surface area contributed by atoms with Crippen LogP contribution in [-0.2, 0) is 9.53 Å². The highest BCUT2D eigenvalue weighted by atomic mass is 16.5. The molecule has 2 rings (SSSR count). The quantitative estimate of drug-likeness (QED) is 0.802. The molecule has 20 heavy (non-hydrogen) atoms. The van der Waals surface area contributed by atoms with Crippen LogP contribution in [0, 0.1) is 12.8 Å². The molecule has 1 unspecified atom stereocenters. The van der Waals surface area contributed by atoms with Crippen molar-refractivity contribution in [1.29, 1.82) is 0 Å². The molecule has 0 bridgehead atoms. The van der Waals surface area contributed by atoms with Crippen LogP contribution in [-0.4, -0.2) is 32.3 Å². The molecule has 0 radical (unpaired) electrons. The van der Waals surface area contributed by atoms with Crippen molar-refractivity contribution in [3.8, 4) is 11.5 Å². The lowest BCUT2D eigenvalue weighted by molar-refractivity contribution is -0.149. The normalized spacial score (nSPS) is 17.2. The summed E-state index contributed by atoms with van der Waals surface area (Å²) in [5.74, 6) is 0.919. The smallest absolute Gasteiger partial charge is 0.329 e. The summed E-state index contributed by atoms with van der Waals surface area (Å²) in [6, 6.07) is 5.62. The number of hydrogen-bond acceptors (Lipinski definition) is 5. The molecule has 0 heterocycles. The fourth-order valence-electron chi connectivity index (χ4n) is 2.22. The fourth-order valence-corrected chi connectivity index (χ4v) is 2.22. The van der Waals surface area contributed by atoms with E-state index in [0.717, 1.165) is 18.4 Å². The van der Waals surface area contributed by atoms with E-state index in [1.807, 2.05) is 25.1 Å². The van der Waals surface area contributed by atoms with Crippen molar-refractivity contribution >= 4 is 5.97 Å². The van der Waals surface area contributed by atoms with E-state index in [1.165, 1.54) is 7.11 Å². The molecule has 1 fully saturated rings. The zero-order valence-electron chi connectivity index (χ0n) is 12.1. The standard InChI is InChI=1S/C15H21NO4/c1-10-4-7-12(13(8-10)18-2)20-9-15(16,11-5-6-11)14(17)19-3/h4,7-8,11H,5-6,9,16H2,1-3H3. The van der Waals surface area contributed by atoms with Gasteiger partial charge in [-0.15, -0.1) is 0 Å². The Morgan fingerprint density at radius 3 is 2.60 bits per heavy atom. The lowest BCUT2D eigenvalue weighted by Crippen LogP contribution is -2.55. The summed E-state index contributed by atoms with van der Waals surface area (Å²) >= 11 is 0. The van der Waals surface area contributed by atoms with Gasteiger partial charge >= 0.3 is 5.97 Å². The average molecular weight is 279 g/mol. The van der Waals surface area contributed by atoms with Crippen molar-refractivity contribution in [1.82, 2.24) is 0 Å². The number of esters is 1. The Kier molecular flexibility index (Phi) is 4.18. The Labute approximate surface area is 119 Å². The molecule has 0 saturated heterocycles. The van der Waals surface area contributed by atoms with Crippen molar-refractivity contribution in [2.75, 3.05) is 20.8 Å². The third-order valence-corrected chi connectivity index (χ3v) is 3.66. The molecular formula is C15H21NO4. The van der Waals surface area contributed by atoms with E-state index in [1.54, 1.807) is 7.11 Å². The van der Waals surface area contributed by atoms with Crippen molar-refractivity contribution in [3.63, 3.8) is 0 Å². The Morgan fingerprint density at radius 2 is 2.05 bits per heavy atom. The van der Waals surface area contributed by atoms with Crippen LogP contribution in [0.3, 0.4) is 0 Å². The molecule has 0 spiro atoms. The second kappa shape index (κ2) is 5.71. The van der Waals surface area contributed by atoms with Crippen LogP contribution < -0.4 is 15.2 Å². The van der Waals surface area contributed by atoms with Gasteiger partial charge in [0.15, 0.2) is 17.0 Å². The monoisotopic (exact) mass is 279 g/mol. The summed E-state index contributed by atoms with van der Waals surface area (Å²) < 4.78 is 15.8. The van der Waals surface area contributed by atoms with Gasteiger partial charge in [-0.25, -0.2) is 4.79 Å². The summed E-state index contributed by atoms with van der Waals surface area (Å²) in [5.41, 5.74) is 6.18. The third-order valence-electron chi connectivity index (χ3n) is 3.66. The maximum absolute atomic E-state index is 11.9. The zero-order valence-corrected chi connectivity index (χ0v) is 12.1. The topological polar surface area (TPSA) is 70.8 Å². The maximum Gasteiger partial charge on any atom is 0.329 e. The average Bonchev–Trinajstić information content (AvgIpc) is 3.29. The first kappa shape index (κ1) is 14.7. The number of ether oxygens (including phenoxy) is 3. The molecule has 1 aromatic carbocycles. The van der Waals surface area contributed by atoms with E-state index < -0.39 is 11.5 Å². The molecule has 0 aromatic heterocycles.